The Morgan fingerprint density at radius 3 is 2.05 bits per heavy atom. The second-order valence-corrected chi connectivity index (χ2v) is 11.7. The standard InChI is InChI=1S/C30H41N3O5.BrH/c1-10-33(28(36)37-9)23-15-20-19(14-25(23)38-11-2)16-32(27(20)31)17-24(34)18-12-21(29(3,4)5)26(35)22(13-18)30(6,7)8;/h12-15,31,35H,10-11,16-17H2,1-9H3;1H. The number of amides is 1. The summed E-state index contributed by atoms with van der Waals surface area (Å²) in [6.07, 6.45) is -0.512. The van der Waals surface area contributed by atoms with Crippen molar-refractivity contribution in [3.8, 4) is 11.5 Å². The van der Waals surface area contributed by atoms with E-state index in [1.54, 1.807) is 23.1 Å². The number of carbonyl (C=O) groups is 2. The Morgan fingerprint density at radius 2 is 1.59 bits per heavy atom. The van der Waals surface area contributed by atoms with E-state index in [-0.39, 0.29) is 51.7 Å². The number of fused-ring (bicyclic) bond motifs is 1. The number of nitrogens with one attached hydrogen (secondary N) is 1. The summed E-state index contributed by atoms with van der Waals surface area (Å²) in [6.45, 7) is 16.9. The van der Waals surface area contributed by atoms with Gasteiger partial charge in [-0.1, -0.05) is 41.5 Å². The molecule has 0 atom stereocenters. The minimum absolute atomic E-state index is 0. The van der Waals surface area contributed by atoms with Crippen LogP contribution in [0.2, 0.25) is 0 Å². The fraction of sp³-hybridized carbons (Fsp3) is 0.500. The number of carbonyl (C=O) groups excluding carboxylic acids is 2. The van der Waals surface area contributed by atoms with Gasteiger partial charge in [0.1, 0.15) is 17.3 Å². The molecule has 0 saturated heterocycles. The monoisotopic (exact) mass is 603 g/mol. The molecule has 0 aromatic heterocycles. The fourth-order valence-corrected chi connectivity index (χ4v) is 4.75. The topological polar surface area (TPSA) is 103 Å². The molecule has 0 unspecified atom stereocenters. The van der Waals surface area contributed by atoms with E-state index < -0.39 is 6.09 Å². The smallest absolute Gasteiger partial charge is 0.414 e. The summed E-state index contributed by atoms with van der Waals surface area (Å²) in [6, 6.07) is 7.17. The highest BCUT2D eigenvalue weighted by atomic mass is 79.9. The Labute approximate surface area is 242 Å². The summed E-state index contributed by atoms with van der Waals surface area (Å²) in [5.74, 6) is 0.838. The zero-order valence-electron chi connectivity index (χ0n) is 24.5. The van der Waals surface area contributed by atoms with Crippen LogP contribution in [-0.4, -0.2) is 54.5 Å². The quantitative estimate of drug-likeness (QED) is 0.346. The van der Waals surface area contributed by atoms with Crippen LogP contribution >= 0.6 is 17.0 Å². The molecule has 0 spiro atoms. The van der Waals surface area contributed by atoms with Crippen molar-refractivity contribution in [1.82, 2.24) is 4.90 Å². The van der Waals surface area contributed by atoms with Crippen LogP contribution in [0.15, 0.2) is 24.3 Å². The maximum Gasteiger partial charge on any atom is 0.414 e. The number of amidine groups is 1. The van der Waals surface area contributed by atoms with Gasteiger partial charge in [-0.2, -0.15) is 0 Å². The van der Waals surface area contributed by atoms with Crippen LogP contribution in [-0.2, 0) is 22.1 Å². The summed E-state index contributed by atoms with van der Waals surface area (Å²) in [4.78, 5) is 29.1. The number of anilines is 1. The normalized spacial score (nSPS) is 13.1. The number of methoxy groups -OCH3 is 1. The van der Waals surface area contributed by atoms with Crippen LogP contribution in [0.3, 0.4) is 0 Å². The Bertz CT molecular complexity index is 1230. The average molecular weight is 605 g/mol. The van der Waals surface area contributed by atoms with Gasteiger partial charge in [0, 0.05) is 35.3 Å². The number of rotatable bonds is 7. The van der Waals surface area contributed by atoms with Gasteiger partial charge in [0.2, 0.25) is 0 Å². The van der Waals surface area contributed by atoms with E-state index in [2.05, 4.69) is 0 Å². The first-order valence-corrected chi connectivity index (χ1v) is 13.0. The van der Waals surface area contributed by atoms with Crippen molar-refractivity contribution in [2.75, 3.05) is 31.7 Å². The predicted molar refractivity (Wildman–Crippen MR) is 160 cm³/mol. The number of aromatic hydroxyl groups is 1. The van der Waals surface area contributed by atoms with Gasteiger partial charge in [-0.15, -0.1) is 17.0 Å². The lowest BCUT2D eigenvalue weighted by Gasteiger charge is -2.28. The zero-order chi connectivity index (χ0) is 28.6. The van der Waals surface area contributed by atoms with Gasteiger partial charge in [-0.3, -0.25) is 15.1 Å². The predicted octanol–water partition coefficient (Wildman–Crippen LogP) is 6.58. The first-order chi connectivity index (χ1) is 17.6. The summed E-state index contributed by atoms with van der Waals surface area (Å²) >= 11 is 0. The number of ketones is 1. The van der Waals surface area contributed by atoms with Gasteiger partial charge in [-0.25, -0.2) is 4.79 Å². The third-order valence-electron chi connectivity index (χ3n) is 6.80. The van der Waals surface area contributed by atoms with Crippen molar-refractivity contribution in [3.05, 3.63) is 52.1 Å². The fourth-order valence-electron chi connectivity index (χ4n) is 4.75. The molecule has 2 N–H and O–H groups in total. The maximum absolute atomic E-state index is 13.6. The number of phenols is 1. The van der Waals surface area contributed by atoms with Crippen molar-refractivity contribution in [3.63, 3.8) is 0 Å². The van der Waals surface area contributed by atoms with Crippen LogP contribution < -0.4 is 9.64 Å². The van der Waals surface area contributed by atoms with E-state index in [1.165, 1.54) is 12.0 Å². The number of halogens is 1. The lowest BCUT2D eigenvalue weighted by Crippen LogP contribution is -2.31. The molecule has 3 rings (SSSR count). The van der Waals surface area contributed by atoms with Crippen LogP contribution in [0.1, 0.15) is 88.0 Å². The summed E-state index contributed by atoms with van der Waals surface area (Å²) in [5, 5.41) is 19.9. The van der Waals surface area contributed by atoms with Crippen LogP contribution in [0.4, 0.5) is 10.5 Å². The summed E-state index contributed by atoms with van der Waals surface area (Å²) < 4.78 is 10.8. The SMILES string of the molecule is Br.CCOc1cc2c(cc1N(CC)C(=O)OC)C(=N)N(CC(=O)c1cc(C(C)(C)C)c(O)c(C(C)(C)C)c1)C2. The van der Waals surface area contributed by atoms with E-state index >= 15 is 0 Å². The number of hydrogen-bond donors (Lipinski definition) is 2. The molecule has 0 fully saturated rings. The molecule has 8 nitrogen and oxygen atoms in total. The van der Waals surface area contributed by atoms with E-state index in [0.717, 1.165) is 16.7 Å². The molecule has 1 heterocycles. The molecule has 1 aliphatic rings. The molecule has 0 bridgehead atoms. The van der Waals surface area contributed by atoms with E-state index in [9.17, 15) is 14.7 Å². The van der Waals surface area contributed by atoms with Crippen molar-refractivity contribution < 1.29 is 24.2 Å². The number of nitrogens with zero attached hydrogens (tertiary/aromatic N) is 2. The first-order valence-electron chi connectivity index (χ1n) is 13.0. The molecule has 2 aromatic rings. The molecule has 1 amide bonds. The molecular formula is C30H42BrN3O5. The number of ether oxygens (including phenoxy) is 2. The lowest BCUT2D eigenvalue weighted by molar-refractivity contribution is 0.0962. The molecule has 39 heavy (non-hydrogen) atoms. The first kappa shape index (κ1) is 32.1. The number of phenolic OH excluding ortho intramolecular Hbond substituents is 1. The zero-order valence-corrected chi connectivity index (χ0v) is 26.2. The molecule has 0 aliphatic carbocycles. The Balaban J connectivity index is 0.00000533. The Hall–Kier alpha value is -3.07. The average Bonchev–Trinajstić information content (AvgIpc) is 3.12. The highest BCUT2D eigenvalue weighted by molar-refractivity contribution is 8.93. The minimum Gasteiger partial charge on any atom is -0.507 e. The van der Waals surface area contributed by atoms with Gasteiger partial charge in [0.15, 0.2) is 5.78 Å². The molecule has 0 radical (unpaired) electrons. The Morgan fingerprint density at radius 1 is 1.03 bits per heavy atom. The Kier molecular flexibility index (Phi) is 9.88. The molecule has 9 heteroatoms. The number of hydrogen-bond acceptors (Lipinski definition) is 6. The van der Waals surface area contributed by atoms with Gasteiger partial charge in [0.05, 0.1) is 25.9 Å². The molecule has 214 valence electrons. The van der Waals surface area contributed by atoms with Crippen molar-refractivity contribution in [1.29, 1.82) is 5.41 Å². The van der Waals surface area contributed by atoms with Crippen molar-refractivity contribution >= 4 is 40.4 Å². The van der Waals surface area contributed by atoms with Gasteiger partial charge < -0.3 is 19.5 Å². The van der Waals surface area contributed by atoms with Gasteiger partial charge in [0.25, 0.3) is 0 Å². The number of Topliss-reactive ketones (excluding diaryl/α,β-unsaturated/α-hetero) is 1. The summed E-state index contributed by atoms with van der Waals surface area (Å²) in [7, 11) is 1.33. The molecule has 0 saturated carbocycles. The second-order valence-electron chi connectivity index (χ2n) is 11.7. The third-order valence-corrected chi connectivity index (χ3v) is 6.80. The van der Waals surface area contributed by atoms with E-state index in [1.807, 2.05) is 61.5 Å². The number of benzene rings is 2. The van der Waals surface area contributed by atoms with E-state index in [4.69, 9.17) is 14.9 Å². The van der Waals surface area contributed by atoms with Crippen LogP contribution in [0.25, 0.3) is 0 Å². The summed E-state index contributed by atoms with van der Waals surface area (Å²) in [5.41, 5.74) is 3.29. The minimum atomic E-state index is -0.512. The van der Waals surface area contributed by atoms with E-state index in [0.29, 0.717) is 42.3 Å². The second kappa shape index (κ2) is 12.0. The van der Waals surface area contributed by atoms with Crippen molar-refractivity contribution in [2.24, 2.45) is 0 Å². The van der Waals surface area contributed by atoms with Gasteiger partial charge >= 0.3 is 6.09 Å². The highest BCUT2D eigenvalue weighted by Crippen LogP contribution is 2.40. The maximum atomic E-state index is 13.6. The molecule has 2 aromatic carbocycles. The van der Waals surface area contributed by atoms with Crippen LogP contribution in [0, 0.1) is 5.41 Å². The van der Waals surface area contributed by atoms with Crippen LogP contribution in [0.5, 0.6) is 11.5 Å². The lowest BCUT2D eigenvalue weighted by atomic mass is 9.78. The third kappa shape index (κ3) is 6.57. The van der Waals surface area contributed by atoms with Crippen molar-refractivity contribution in [2.45, 2.75) is 72.8 Å². The van der Waals surface area contributed by atoms with Gasteiger partial charge in [-0.05, 0) is 54.5 Å². The highest BCUT2D eigenvalue weighted by Gasteiger charge is 2.32. The molecular weight excluding hydrogens is 562 g/mol. The molecule has 1 aliphatic heterocycles. The largest absolute Gasteiger partial charge is 0.507 e.